The van der Waals surface area contributed by atoms with Crippen LogP contribution in [0.5, 0.6) is 0 Å². The lowest BCUT2D eigenvalue weighted by molar-refractivity contribution is -0.0315. The van der Waals surface area contributed by atoms with E-state index in [-0.39, 0.29) is 29.1 Å². The maximum atomic E-state index is 12.6. The summed E-state index contributed by atoms with van der Waals surface area (Å²) in [6.07, 6.45) is 11.2. The highest BCUT2D eigenvalue weighted by molar-refractivity contribution is 7.90. The highest BCUT2D eigenvalue weighted by Crippen LogP contribution is 2.41. The standard InChI is InChI=1S/C31H39N7O4S/c1-30(2,40)24-14-21(15-24)4-5-22-17-33-28(16-26(22)37-12-9-31(3,20-39)10-13-37)35-27-8-11-32-29(36-27)23-18-34-38(19-23)43(41,42)25-6-7-25/h8,11,16-19,21,24-25,39-40H,6-7,9-10,12-15,20H2,1-3H3,(H,32,33,35,36). The fraction of sp³-hybridized carbons (Fsp3) is 0.548. The van der Waals surface area contributed by atoms with Crippen LogP contribution in [0, 0.1) is 29.1 Å². The minimum absolute atomic E-state index is 0.0857. The van der Waals surface area contributed by atoms with Gasteiger partial charge in [-0.05, 0) is 69.8 Å². The molecular formula is C31H39N7O4S. The molecule has 4 heterocycles. The van der Waals surface area contributed by atoms with Gasteiger partial charge in [-0.3, -0.25) is 0 Å². The number of nitrogens with one attached hydrogen (secondary N) is 1. The average Bonchev–Trinajstić information content (AvgIpc) is 3.70. The van der Waals surface area contributed by atoms with Crippen LogP contribution in [0.4, 0.5) is 17.3 Å². The summed E-state index contributed by atoms with van der Waals surface area (Å²) in [6.45, 7) is 7.60. The van der Waals surface area contributed by atoms with Crippen molar-refractivity contribution in [2.45, 2.75) is 70.1 Å². The Hall–Kier alpha value is -3.53. The summed E-state index contributed by atoms with van der Waals surface area (Å²) in [5, 5.41) is 27.1. The molecule has 1 saturated heterocycles. The van der Waals surface area contributed by atoms with E-state index in [0.717, 1.165) is 54.1 Å². The molecule has 3 fully saturated rings. The Balaban J connectivity index is 1.23. The first-order valence-electron chi connectivity index (χ1n) is 14.9. The van der Waals surface area contributed by atoms with Gasteiger partial charge in [0.15, 0.2) is 5.82 Å². The van der Waals surface area contributed by atoms with E-state index < -0.39 is 15.6 Å². The van der Waals surface area contributed by atoms with E-state index in [1.165, 1.54) is 12.4 Å². The zero-order chi connectivity index (χ0) is 30.4. The average molecular weight is 606 g/mol. The smallest absolute Gasteiger partial charge is 0.256 e. The molecule has 0 radical (unpaired) electrons. The molecule has 228 valence electrons. The van der Waals surface area contributed by atoms with E-state index in [0.29, 0.717) is 35.9 Å². The van der Waals surface area contributed by atoms with Crippen molar-refractivity contribution in [3.63, 3.8) is 0 Å². The molecule has 2 aliphatic carbocycles. The summed E-state index contributed by atoms with van der Waals surface area (Å²) in [5.41, 5.74) is 1.57. The van der Waals surface area contributed by atoms with Gasteiger partial charge in [0, 0.05) is 44.1 Å². The number of rotatable bonds is 8. The van der Waals surface area contributed by atoms with E-state index in [1.54, 1.807) is 18.5 Å². The zero-order valence-electron chi connectivity index (χ0n) is 24.9. The van der Waals surface area contributed by atoms with Crippen molar-refractivity contribution in [2.75, 3.05) is 29.9 Å². The fourth-order valence-electron chi connectivity index (χ4n) is 5.59. The first-order valence-corrected chi connectivity index (χ1v) is 16.4. The van der Waals surface area contributed by atoms with Crippen LogP contribution in [-0.2, 0) is 10.0 Å². The van der Waals surface area contributed by atoms with Crippen molar-refractivity contribution in [2.24, 2.45) is 17.3 Å². The van der Waals surface area contributed by atoms with Gasteiger partial charge in [-0.15, -0.1) is 0 Å². The molecule has 11 nitrogen and oxygen atoms in total. The van der Waals surface area contributed by atoms with Crippen molar-refractivity contribution >= 4 is 27.3 Å². The second-order valence-electron chi connectivity index (χ2n) is 13.1. The van der Waals surface area contributed by atoms with Crippen LogP contribution in [0.3, 0.4) is 0 Å². The predicted octanol–water partition coefficient (Wildman–Crippen LogP) is 3.57. The van der Waals surface area contributed by atoms with Crippen LogP contribution < -0.4 is 10.2 Å². The number of hydrogen-bond acceptors (Lipinski definition) is 10. The second-order valence-corrected chi connectivity index (χ2v) is 15.1. The molecule has 0 unspecified atom stereocenters. The molecule has 6 rings (SSSR count). The highest BCUT2D eigenvalue weighted by atomic mass is 32.2. The van der Waals surface area contributed by atoms with E-state index in [4.69, 9.17) is 0 Å². The van der Waals surface area contributed by atoms with Crippen LogP contribution in [0.2, 0.25) is 0 Å². The number of hydrogen-bond donors (Lipinski definition) is 3. The van der Waals surface area contributed by atoms with E-state index in [2.05, 4.69) is 49.0 Å². The minimum Gasteiger partial charge on any atom is -0.396 e. The maximum Gasteiger partial charge on any atom is 0.256 e. The highest BCUT2D eigenvalue weighted by Gasteiger charge is 2.39. The van der Waals surface area contributed by atoms with Gasteiger partial charge in [-0.1, -0.05) is 18.8 Å². The number of pyridine rings is 1. The van der Waals surface area contributed by atoms with Crippen molar-refractivity contribution in [1.82, 2.24) is 24.1 Å². The minimum atomic E-state index is -3.47. The lowest BCUT2D eigenvalue weighted by Crippen LogP contribution is -2.40. The SMILES string of the molecule is CC1(CO)CCN(c2cc(Nc3ccnc(-c4cnn(S(=O)(=O)C5CC5)c4)n3)ncc2C#CC2CC(C(C)(C)O)C2)CC1. The predicted molar refractivity (Wildman–Crippen MR) is 164 cm³/mol. The number of aliphatic hydroxyl groups is 2. The van der Waals surface area contributed by atoms with Crippen LogP contribution in [0.25, 0.3) is 11.4 Å². The Morgan fingerprint density at radius 1 is 1.14 bits per heavy atom. The van der Waals surface area contributed by atoms with Gasteiger partial charge in [0.05, 0.1) is 40.1 Å². The van der Waals surface area contributed by atoms with Crippen LogP contribution in [-0.4, -0.2) is 73.3 Å². The number of aromatic nitrogens is 5. The molecule has 1 aliphatic heterocycles. The van der Waals surface area contributed by atoms with E-state index in [9.17, 15) is 18.6 Å². The monoisotopic (exact) mass is 605 g/mol. The molecule has 0 aromatic carbocycles. The Morgan fingerprint density at radius 3 is 2.56 bits per heavy atom. The number of anilines is 3. The molecule has 3 aromatic rings. The van der Waals surface area contributed by atoms with Gasteiger partial charge in [0.25, 0.3) is 10.0 Å². The van der Waals surface area contributed by atoms with Crippen LogP contribution in [0.15, 0.2) is 36.9 Å². The molecule has 12 heteroatoms. The quantitative estimate of drug-likeness (QED) is 0.326. The summed E-state index contributed by atoms with van der Waals surface area (Å²) in [4.78, 5) is 15.9. The van der Waals surface area contributed by atoms with Crippen molar-refractivity contribution in [3.05, 3.63) is 42.5 Å². The molecule has 0 atom stereocenters. The molecule has 2 saturated carbocycles. The number of piperidine rings is 1. The lowest BCUT2D eigenvalue weighted by Gasteiger charge is -2.40. The maximum absolute atomic E-state index is 12.6. The summed E-state index contributed by atoms with van der Waals surface area (Å²) in [6, 6.07) is 3.71. The van der Waals surface area contributed by atoms with Gasteiger partial charge >= 0.3 is 0 Å². The third kappa shape index (κ3) is 6.39. The lowest BCUT2D eigenvalue weighted by atomic mass is 9.68. The molecule has 3 aromatic heterocycles. The van der Waals surface area contributed by atoms with Gasteiger partial charge in [0.1, 0.15) is 11.6 Å². The second kappa shape index (κ2) is 11.2. The van der Waals surface area contributed by atoms with Gasteiger partial charge in [0.2, 0.25) is 0 Å². The zero-order valence-corrected chi connectivity index (χ0v) is 25.7. The number of nitrogens with zero attached hydrogens (tertiary/aromatic N) is 6. The summed E-state index contributed by atoms with van der Waals surface area (Å²) >= 11 is 0. The molecule has 3 aliphatic rings. The summed E-state index contributed by atoms with van der Waals surface area (Å²) < 4.78 is 26.1. The van der Waals surface area contributed by atoms with Crippen molar-refractivity contribution in [3.8, 4) is 23.2 Å². The molecule has 3 N–H and O–H groups in total. The number of aliphatic hydroxyl groups excluding tert-OH is 1. The van der Waals surface area contributed by atoms with Gasteiger partial charge in [-0.25, -0.2) is 23.4 Å². The van der Waals surface area contributed by atoms with Crippen LogP contribution >= 0.6 is 0 Å². The first kappa shape index (κ1) is 29.5. The normalized spacial score (nSPS) is 21.9. The van der Waals surface area contributed by atoms with E-state index >= 15 is 0 Å². The Bertz CT molecular complexity index is 1650. The molecule has 0 spiro atoms. The van der Waals surface area contributed by atoms with Crippen molar-refractivity contribution < 1.29 is 18.6 Å². The van der Waals surface area contributed by atoms with Crippen molar-refractivity contribution in [1.29, 1.82) is 0 Å². The molecule has 43 heavy (non-hydrogen) atoms. The van der Waals surface area contributed by atoms with Gasteiger partial charge in [-0.2, -0.15) is 9.19 Å². The first-order chi connectivity index (χ1) is 20.4. The fourth-order valence-corrected chi connectivity index (χ4v) is 7.06. The topological polar surface area (TPSA) is 146 Å². The summed E-state index contributed by atoms with van der Waals surface area (Å²) in [5.74, 6) is 8.76. The molecule has 0 bridgehead atoms. The Labute approximate surface area is 252 Å². The van der Waals surface area contributed by atoms with Crippen LogP contribution in [0.1, 0.15) is 64.9 Å². The van der Waals surface area contributed by atoms with E-state index in [1.807, 2.05) is 19.9 Å². The van der Waals surface area contributed by atoms with Gasteiger partial charge < -0.3 is 20.4 Å². The Kier molecular flexibility index (Phi) is 7.69. The molecular weight excluding hydrogens is 566 g/mol. The summed E-state index contributed by atoms with van der Waals surface area (Å²) in [7, 11) is -3.47. The third-order valence-corrected chi connectivity index (χ3v) is 11.1. The Morgan fingerprint density at radius 2 is 1.88 bits per heavy atom. The largest absolute Gasteiger partial charge is 0.396 e. The third-order valence-electron chi connectivity index (χ3n) is 9.06. The molecule has 0 amide bonds.